The minimum atomic E-state index is -5.46. The van der Waals surface area contributed by atoms with Gasteiger partial charge in [-0.3, -0.25) is 0 Å². The minimum Gasteiger partial charge on any atom is -0.508 e. The first-order valence-electron chi connectivity index (χ1n) is 16.5. The molecule has 0 bridgehead atoms. The van der Waals surface area contributed by atoms with E-state index in [1.165, 1.54) is 0 Å². The van der Waals surface area contributed by atoms with Gasteiger partial charge in [0.1, 0.15) is 11.9 Å². The third kappa shape index (κ3) is 8.03. The van der Waals surface area contributed by atoms with Crippen LogP contribution >= 0.6 is 0 Å². The smallest absolute Gasteiger partial charge is 0.453 e. The molecule has 9 heteroatoms. The van der Waals surface area contributed by atoms with Crippen LogP contribution in [0.4, 0.5) is 26.3 Å². The first-order chi connectivity index (χ1) is 20.2. The van der Waals surface area contributed by atoms with Crippen LogP contribution in [-0.2, 0) is 6.42 Å². The van der Waals surface area contributed by atoms with Crippen molar-refractivity contribution in [1.82, 2.24) is 4.90 Å². The third-order valence-corrected chi connectivity index (χ3v) is 11.1. The second kappa shape index (κ2) is 14.3. The number of fused-ring (bicyclic) bond motifs is 5. The van der Waals surface area contributed by atoms with Gasteiger partial charge in [-0.15, -0.1) is 0 Å². The molecule has 2 fully saturated rings. The Hall–Kier alpha value is -1.48. The van der Waals surface area contributed by atoms with E-state index in [4.69, 9.17) is 0 Å². The Morgan fingerprint density at radius 2 is 1.53 bits per heavy atom. The Morgan fingerprint density at radius 3 is 2.21 bits per heavy atom. The third-order valence-electron chi connectivity index (χ3n) is 11.1. The fourth-order valence-electron chi connectivity index (χ4n) is 8.69. The summed E-state index contributed by atoms with van der Waals surface area (Å²) < 4.78 is 78.5. The summed E-state index contributed by atoms with van der Waals surface area (Å²) in [6.45, 7) is 3.94. The number of phenolic OH excluding ortho intramolecular Hbond substituents is 1. The SMILES string of the molecule is CN(CCCCCCCC(F)(F)C(F)(F)F)CCCCCC[C@@H]1Cc2cc(O)ccc2[C@@H]2[C@@H]1[C@@H]1CC[C@H](O)[C@@]1(C)C[C@@H]2F. The maximum absolute atomic E-state index is 15.9. The molecule has 0 heterocycles. The zero-order valence-electron chi connectivity index (χ0n) is 25.8. The average molecular weight is 620 g/mol. The molecule has 2 saturated carbocycles. The second-order valence-electron chi connectivity index (χ2n) is 14.1. The summed E-state index contributed by atoms with van der Waals surface area (Å²) in [5.74, 6) is -3.63. The molecule has 0 spiro atoms. The molecule has 0 aliphatic heterocycles. The van der Waals surface area contributed by atoms with E-state index in [0.717, 1.165) is 88.4 Å². The maximum Gasteiger partial charge on any atom is 0.453 e. The summed E-state index contributed by atoms with van der Waals surface area (Å²) in [5.41, 5.74) is 1.78. The molecule has 2 N–H and O–H groups in total. The number of aromatic hydroxyl groups is 1. The van der Waals surface area contributed by atoms with E-state index in [9.17, 15) is 32.2 Å². The molecule has 1 aromatic carbocycles. The Labute approximate surface area is 253 Å². The summed E-state index contributed by atoms with van der Waals surface area (Å²) in [7, 11) is 2.06. The lowest BCUT2D eigenvalue weighted by molar-refractivity contribution is -0.284. The molecule has 0 radical (unpaired) electrons. The molecule has 0 saturated heterocycles. The predicted molar refractivity (Wildman–Crippen MR) is 157 cm³/mol. The number of benzene rings is 1. The van der Waals surface area contributed by atoms with Crippen molar-refractivity contribution in [2.24, 2.45) is 23.2 Å². The number of halogens is 6. The highest BCUT2D eigenvalue weighted by Crippen LogP contribution is 2.63. The van der Waals surface area contributed by atoms with Gasteiger partial charge in [0.15, 0.2) is 0 Å². The van der Waals surface area contributed by atoms with Gasteiger partial charge in [-0.25, -0.2) is 4.39 Å². The summed E-state index contributed by atoms with van der Waals surface area (Å²) >= 11 is 0. The maximum atomic E-state index is 15.9. The molecule has 0 aromatic heterocycles. The van der Waals surface area contributed by atoms with Crippen LogP contribution in [0.15, 0.2) is 18.2 Å². The van der Waals surface area contributed by atoms with Crippen LogP contribution in [0.5, 0.6) is 5.75 Å². The first kappa shape index (κ1) is 34.4. The van der Waals surface area contributed by atoms with Crippen LogP contribution in [0, 0.1) is 23.2 Å². The van der Waals surface area contributed by atoms with Gasteiger partial charge in [0.2, 0.25) is 0 Å². The van der Waals surface area contributed by atoms with Gasteiger partial charge in [0.25, 0.3) is 0 Å². The minimum absolute atomic E-state index is 0.115. The van der Waals surface area contributed by atoms with Gasteiger partial charge in [-0.05, 0) is 118 Å². The molecule has 3 nitrogen and oxygen atoms in total. The van der Waals surface area contributed by atoms with Crippen molar-refractivity contribution < 1.29 is 36.6 Å². The number of aliphatic hydroxyl groups excluding tert-OH is 1. The number of rotatable bonds is 15. The van der Waals surface area contributed by atoms with E-state index in [1.54, 1.807) is 6.07 Å². The summed E-state index contributed by atoms with van der Waals surface area (Å²) in [6.07, 6.45) is 2.97. The number of phenols is 1. The largest absolute Gasteiger partial charge is 0.508 e. The van der Waals surface area contributed by atoms with E-state index in [0.29, 0.717) is 31.1 Å². The molecule has 3 aliphatic carbocycles. The van der Waals surface area contributed by atoms with E-state index in [1.807, 2.05) is 12.1 Å². The van der Waals surface area contributed by atoms with Crippen molar-refractivity contribution in [3.63, 3.8) is 0 Å². The van der Waals surface area contributed by atoms with Gasteiger partial charge in [-0.1, -0.05) is 51.5 Å². The van der Waals surface area contributed by atoms with E-state index in [-0.39, 0.29) is 29.4 Å². The summed E-state index contributed by atoms with van der Waals surface area (Å²) in [4.78, 5) is 2.25. The highest BCUT2D eigenvalue weighted by Gasteiger charge is 2.60. The van der Waals surface area contributed by atoms with E-state index in [2.05, 4.69) is 18.9 Å². The van der Waals surface area contributed by atoms with Crippen LogP contribution in [0.1, 0.15) is 114 Å². The van der Waals surface area contributed by atoms with Gasteiger partial charge >= 0.3 is 12.1 Å². The Balaban J connectivity index is 1.16. The van der Waals surface area contributed by atoms with Crippen molar-refractivity contribution in [2.45, 2.75) is 134 Å². The predicted octanol–water partition coefficient (Wildman–Crippen LogP) is 9.20. The van der Waals surface area contributed by atoms with Crippen molar-refractivity contribution >= 4 is 0 Å². The second-order valence-corrected chi connectivity index (χ2v) is 14.1. The molecule has 1 aromatic rings. The fraction of sp³-hybridized carbons (Fsp3) is 0.824. The monoisotopic (exact) mass is 619 g/mol. The van der Waals surface area contributed by atoms with Crippen molar-refractivity contribution in [2.75, 3.05) is 20.1 Å². The molecule has 4 rings (SSSR count). The summed E-state index contributed by atoms with van der Waals surface area (Å²) in [5, 5.41) is 21.0. The van der Waals surface area contributed by atoms with E-state index >= 15 is 4.39 Å². The lowest BCUT2D eigenvalue weighted by Gasteiger charge is -2.54. The quantitative estimate of drug-likeness (QED) is 0.152. The van der Waals surface area contributed by atoms with Crippen molar-refractivity contribution in [3.8, 4) is 5.75 Å². The van der Waals surface area contributed by atoms with E-state index < -0.39 is 30.8 Å². The van der Waals surface area contributed by atoms with Crippen LogP contribution in [0.2, 0.25) is 0 Å². The van der Waals surface area contributed by atoms with Crippen LogP contribution in [0.25, 0.3) is 0 Å². The fourth-order valence-corrected chi connectivity index (χ4v) is 8.69. The lowest BCUT2D eigenvalue weighted by atomic mass is 9.51. The number of aliphatic hydroxyl groups is 1. The molecule has 7 atom stereocenters. The van der Waals surface area contributed by atoms with Gasteiger partial charge < -0.3 is 15.1 Å². The molecule has 246 valence electrons. The number of alkyl halides is 6. The Morgan fingerprint density at radius 1 is 0.907 bits per heavy atom. The number of hydrogen-bond donors (Lipinski definition) is 2. The van der Waals surface area contributed by atoms with Gasteiger partial charge in [0, 0.05) is 12.3 Å². The lowest BCUT2D eigenvalue weighted by Crippen LogP contribution is -2.51. The topological polar surface area (TPSA) is 43.7 Å². The highest BCUT2D eigenvalue weighted by molar-refractivity contribution is 5.41. The molecule has 3 aliphatic rings. The normalized spacial score (nSPS) is 30.7. The van der Waals surface area contributed by atoms with Gasteiger partial charge in [0.05, 0.1) is 6.10 Å². The van der Waals surface area contributed by atoms with Gasteiger partial charge in [-0.2, -0.15) is 22.0 Å². The average Bonchev–Trinajstić information content (AvgIpc) is 3.22. The zero-order chi connectivity index (χ0) is 31.4. The number of hydrogen-bond acceptors (Lipinski definition) is 3. The van der Waals surface area contributed by atoms with Crippen LogP contribution in [-0.4, -0.2) is 59.6 Å². The zero-order valence-corrected chi connectivity index (χ0v) is 25.8. The molecule has 43 heavy (non-hydrogen) atoms. The molecule has 0 unspecified atom stereocenters. The first-order valence-corrected chi connectivity index (χ1v) is 16.5. The Kier molecular flexibility index (Phi) is 11.4. The standard InChI is InChI=1S/C34H51F6NO2/c1-32-22-28(35)31-26-14-13-25(42)21-24(26)20-23(30(31)27(32)15-16-29(32)43)12-8-4-7-11-19-41(2)18-10-6-3-5-9-17-33(36,37)34(38,39)40/h13-14,21,23,27-31,42-43H,3-12,15-20,22H2,1-2H3/t23-,27+,28+,29+,30+,31+,32+/m1/s1. The van der Waals surface area contributed by atoms with Crippen molar-refractivity contribution in [1.29, 1.82) is 0 Å². The van der Waals surface area contributed by atoms with Crippen LogP contribution < -0.4 is 0 Å². The highest BCUT2D eigenvalue weighted by atomic mass is 19.4. The molecule has 0 amide bonds. The molecular formula is C34H51F6NO2. The number of nitrogens with zero attached hydrogens (tertiary/aromatic N) is 1. The number of unbranched alkanes of at least 4 members (excludes halogenated alkanes) is 7. The molecular weight excluding hydrogens is 568 g/mol. The van der Waals surface area contributed by atoms with Crippen LogP contribution in [0.3, 0.4) is 0 Å². The Bertz CT molecular complexity index is 1030. The van der Waals surface area contributed by atoms with Crippen molar-refractivity contribution in [3.05, 3.63) is 29.3 Å². The summed E-state index contributed by atoms with van der Waals surface area (Å²) in [6, 6.07) is 5.43.